The zero-order valence-corrected chi connectivity index (χ0v) is 18.4. The third kappa shape index (κ3) is 4.11. The molecule has 1 fully saturated rings. The van der Waals surface area contributed by atoms with Crippen LogP contribution in [-0.2, 0) is 14.4 Å². The number of ether oxygens (including phenoxy) is 2. The average Bonchev–Trinajstić information content (AvgIpc) is 2.86. The Morgan fingerprint density at radius 2 is 1.70 bits per heavy atom. The van der Waals surface area contributed by atoms with Gasteiger partial charge >= 0.3 is 0 Å². The topological polar surface area (TPSA) is 91.4 Å². The van der Waals surface area contributed by atoms with E-state index in [1.165, 1.54) is 0 Å². The number of para-hydroxylation sites is 4. The van der Waals surface area contributed by atoms with Crippen molar-refractivity contribution < 1.29 is 23.9 Å². The van der Waals surface area contributed by atoms with Crippen molar-refractivity contribution >= 4 is 29.1 Å². The van der Waals surface area contributed by atoms with Gasteiger partial charge in [-0.1, -0.05) is 24.3 Å². The standard InChI is InChI=1S/C24H26N4O5/c1-16(23(30)28-14-22(29)25-17-6-2-3-7-18(17)28)26-10-12-27(13-11-26)24(31)21-15-32-19-8-4-5-9-20(19)33-21/h2-9,16,21H,10-15H2,1H3,(H,25,29). The molecule has 3 amide bonds. The van der Waals surface area contributed by atoms with Crippen LogP contribution in [0, 0.1) is 0 Å². The summed E-state index contributed by atoms with van der Waals surface area (Å²) in [7, 11) is 0. The second kappa shape index (κ2) is 8.74. The molecule has 0 aromatic heterocycles. The maximum atomic E-state index is 13.3. The van der Waals surface area contributed by atoms with Gasteiger partial charge in [0, 0.05) is 26.2 Å². The van der Waals surface area contributed by atoms with Crippen LogP contribution in [0.4, 0.5) is 11.4 Å². The van der Waals surface area contributed by atoms with Gasteiger partial charge in [-0.15, -0.1) is 0 Å². The molecule has 0 saturated carbocycles. The lowest BCUT2D eigenvalue weighted by atomic mass is 10.1. The van der Waals surface area contributed by atoms with Crippen molar-refractivity contribution in [2.24, 2.45) is 0 Å². The van der Waals surface area contributed by atoms with Gasteiger partial charge in [-0.05, 0) is 31.2 Å². The van der Waals surface area contributed by atoms with Crippen LogP contribution in [0.1, 0.15) is 6.92 Å². The molecule has 0 spiro atoms. The summed E-state index contributed by atoms with van der Waals surface area (Å²) in [5.41, 5.74) is 1.35. The Bertz CT molecular complexity index is 1080. The SMILES string of the molecule is CC(C(=O)N1CC(=O)Nc2ccccc21)N1CCN(C(=O)C2COc3ccccc3O2)CC1. The Hall–Kier alpha value is -3.59. The highest BCUT2D eigenvalue weighted by Crippen LogP contribution is 2.32. The first-order valence-corrected chi connectivity index (χ1v) is 11.1. The Kier molecular flexibility index (Phi) is 5.63. The first kappa shape index (κ1) is 21.3. The highest BCUT2D eigenvalue weighted by Gasteiger charge is 2.36. The largest absolute Gasteiger partial charge is 0.485 e. The summed E-state index contributed by atoms with van der Waals surface area (Å²) in [5.74, 6) is 0.779. The molecule has 3 aliphatic rings. The number of hydrogen-bond donors (Lipinski definition) is 1. The molecular formula is C24H26N4O5. The van der Waals surface area contributed by atoms with Crippen molar-refractivity contribution in [2.75, 3.05) is 49.5 Å². The summed E-state index contributed by atoms with van der Waals surface area (Å²) in [6.07, 6.45) is -0.672. The van der Waals surface area contributed by atoms with Crippen LogP contribution in [-0.4, -0.2) is 79.0 Å². The van der Waals surface area contributed by atoms with E-state index >= 15 is 0 Å². The van der Waals surface area contributed by atoms with Gasteiger partial charge in [-0.2, -0.15) is 0 Å². The van der Waals surface area contributed by atoms with Crippen molar-refractivity contribution in [3.8, 4) is 11.5 Å². The monoisotopic (exact) mass is 450 g/mol. The fourth-order valence-electron chi connectivity index (χ4n) is 4.49. The minimum Gasteiger partial charge on any atom is -0.485 e. The van der Waals surface area contributed by atoms with Gasteiger partial charge in [0.1, 0.15) is 13.2 Å². The summed E-state index contributed by atoms with van der Waals surface area (Å²) in [6.45, 7) is 4.14. The Labute approximate surface area is 191 Å². The molecule has 2 atom stereocenters. The summed E-state index contributed by atoms with van der Waals surface area (Å²) < 4.78 is 11.5. The van der Waals surface area contributed by atoms with Gasteiger partial charge in [0.2, 0.25) is 17.9 Å². The second-order valence-corrected chi connectivity index (χ2v) is 8.39. The molecule has 2 aromatic rings. The minimum absolute atomic E-state index is 0.000863. The first-order chi connectivity index (χ1) is 16.0. The molecule has 9 heteroatoms. The Morgan fingerprint density at radius 3 is 2.48 bits per heavy atom. The van der Waals surface area contributed by atoms with E-state index in [4.69, 9.17) is 9.47 Å². The van der Waals surface area contributed by atoms with Crippen LogP contribution in [0.2, 0.25) is 0 Å². The quantitative estimate of drug-likeness (QED) is 0.759. The van der Waals surface area contributed by atoms with E-state index < -0.39 is 12.1 Å². The normalized spacial score (nSPS) is 21.1. The smallest absolute Gasteiger partial charge is 0.267 e. The van der Waals surface area contributed by atoms with E-state index in [0.717, 1.165) is 0 Å². The molecule has 3 heterocycles. The van der Waals surface area contributed by atoms with Crippen molar-refractivity contribution in [1.82, 2.24) is 9.80 Å². The number of carbonyl (C=O) groups excluding carboxylic acids is 3. The average molecular weight is 450 g/mol. The fourth-order valence-corrected chi connectivity index (χ4v) is 4.49. The number of benzene rings is 2. The van der Waals surface area contributed by atoms with Crippen LogP contribution >= 0.6 is 0 Å². The highest BCUT2D eigenvalue weighted by atomic mass is 16.6. The molecule has 1 N–H and O–H groups in total. The molecule has 1 saturated heterocycles. The Balaban J connectivity index is 1.19. The van der Waals surface area contributed by atoms with Crippen LogP contribution in [0.15, 0.2) is 48.5 Å². The third-order valence-corrected chi connectivity index (χ3v) is 6.35. The zero-order valence-electron chi connectivity index (χ0n) is 18.4. The predicted molar refractivity (Wildman–Crippen MR) is 121 cm³/mol. The van der Waals surface area contributed by atoms with Crippen molar-refractivity contribution in [3.05, 3.63) is 48.5 Å². The number of amides is 3. The molecule has 2 unspecified atom stereocenters. The summed E-state index contributed by atoms with van der Waals surface area (Å²) >= 11 is 0. The zero-order chi connectivity index (χ0) is 22.9. The van der Waals surface area contributed by atoms with Crippen molar-refractivity contribution in [2.45, 2.75) is 19.1 Å². The summed E-state index contributed by atoms with van der Waals surface area (Å²) in [6, 6.07) is 14.2. The van der Waals surface area contributed by atoms with Gasteiger partial charge < -0.3 is 19.7 Å². The van der Waals surface area contributed by atoms with Crippen LogP contribution in [0.3, 0.4) is 0 Å². The van der Waals surface area contributed by atoms with Crippen LogP contribution in [0.5, 0.6) is 11.5 Å². The van der Waals surface area contributed by atoms with E-state index in [0.29, 0.717) is 49.1 Å². The van der Waals surface area contributed by atoms with Gasteiger partial charge in [0.25, 0.3) is 5.91 Å². The number of piperazine rings is 1. The van der Waals surface area contributed by atoms with Crippen molar-refractivity contribution in [3.63, 3.8) is 0 Å². The van der Waals surface area contributed by atoms with Gasteiger partial charge in [0.15, 0.2) is 11.5 Å². The number of hydrogen-bond acceptors (Lipinski definition) is 6. The van der Waals surface area contributed by atoms with E-state index in [-0.39, 0.29) is 30.9 Å². The molecule has 3 aliphatic heterocycles. The number of nitrogens with zero attached hydrogens (tertiary/aromatic N) is 3. The number of anilines is 2. The maximum Gasteiger partial charge on any atom is 0.267 e. The van der Waals surface area contributed by atoms with E-state index in [1.807, 2.05) is 43.3 Å². The van der Waals surface area contributed by atoms with Gasteiger partial charge in [-0.25, -0.2) is 0 Å². The number of fused-ring (bicyclic) bond motifs is 2. The molecule has 0 aliphatic carbocycles. The van der Waals surface area contributed by atoms with Crippen LogP contribution < -0.4 is 19.7 Å². The Morgan fingerprint density at radius 1 is 1.00 bits per heavy atom. The fraction of sp³-hybridized carbons (Fsp3) is 0.375. The molecule has 9 nitrogen and oxygen atoms in total. The van der Waals surface area contributed by atoms with E-state index in [1.54, 1.807) is 21.9 Å². The lowest BCUT2D eigenvalue weighted by Crippen LogP contribution is -2.58. The lowest BCUT2D eigenvalue weighted by Gasteiger charge is -2.40. The van der Waals surface area contributed by atoms with Gasteiger partial charge in [-0.3, -0.25) is 24.2 Å². The molecule has 33 heavy (non-hydrogen) atoms. The second-order valence-electron chi connectivity index (χ2n) is 8.39. The summed E-state index contributed by atoms with van der Waals surface area (Å²) in [4.78, 5) is 43.7. The molecular weight excluding hydrogens is 424 g/mol. The number of carbonyl (C=O) groups is 3. The number of rotatable bonds is 3. The highest BCUT2D eigenvalue weighted by molar-refractivity contribution is 6.11. The molecule has 0 bridgehead atoms. The third-order valence-electron chi connectivity index (χ3n) is 6.35. The molecule has 2 aromatic carbocycles. The van der Waals surface area contributed by atoms with Gasteiger partial charge in [0.05, 0.1) is 17.4 Å². The predicted octanol–water partition coefficient (Wildman–Crippen LogP) is 1.34. The maximum absolute atomic E-state index is 13.3. The summed E-state index contributed by atoms with van der Waals surface area (Å²) in [5, 5.41) is 2.81. The number of nitrogens with one attached hydrogen (secondary N) is 1. The van der Waals surface area contributed by atoms with E-state index in [9.17, 15) is 14.4 Å². The first-order valence-electron chi connectivity index (χ1n) is 11.1. The van der Waals surface area contributed by atoms with Crippen LogP contribution in [0.25, 0.3) is 0 Å². The minimum atomic E-state index is -0.672. The molecule has 172 valence electrons. The van der Waals surface area contributed by atoms with Crippen molar-refractivity contribution in [1.29, 1.82) is 0 Å². The lowest BCUT2D eigenvalue weighted by molar-refractivity contribution is -0.143. The molecule has 0 radical (unpaired) electrons. The molecule has 5 rings (SSSR count). The van der Waals surface area contributed by atoms with E-state index in [2.05, 4.69) is 10.2 Å².